The van der Waals surface area contributed by atoms with Crippen molar-refractivity contribution in [1.29, 1.82) is 0 Å². The lowest BCUT2D eigenvalue weighted by Crippen LogP contribution is -2.18. The fraction of sp³-hybridized carbons (Fsp3) is 0.250. The number of ether oxygens (including phenoxy) is 1. The van der Waals surface area contributed by atoms with E-state index in [0.717, 1.165) is 11.1 Å². The Labute approximate surface area is 98.7 Å². The second-order valence-corrected chi connectivity index (χ2v) is 3.74. The van der Waals surface area contributed by atoms with E-state index in [1.165, 1.54) is 11.8 Å². The van der Waals surface area contributed by atoms with Crippen molar-refractivity contribution in [2.45, 2.75) is 6.92 Å². The molecular formula is C12H13N3O2. The SMILES string of the molecule is COc1nc(=O)c(-c2ccc(C)cc2)nn1C. The number of aromatic nitrogens is 3. The standard InChI is InChI=1S/C12H13N3O2/c1-8-4-6-9(7-5-8)10-11(16)13-12(17-3)15(2)14-10/h4-7H,1-3H3. The number of rotatable bonds is 2. The van der Waals surface area contributed by atoms with Crippen LogP contribution >= 0.6 is 0 Å². The molecular weight excluding hydrogens is 218 g/mol. The van der Waals surface area contributed by atoms with Gasteiger partial charge in [-0.15, -0.1) is 0 Å². The molecule has 17 heavy (non-hydrogen) atoms. The van der Waals surface area contributed by atoms with Gasteiger partial charge in [0.1, 0.15) is 0 Å². The van der Waals surface area contributed by atoms with E-state index in [4.69, 9.17) is 4.74 Å². The Balaban J connectivity index is 2.56. The van der Waals surface area contributed by atoms with E-state index in [0.29, 0.717) is 5.69 Å². The average molecular weight is 231 g/mol. The van der Waals surface area contributed by atoms with E-state index in [1.807, 2.05) is 31.2 Å². The van der Waals surface area contributed by atoms with E-state index in [1.54, 1.807) is 7.05 Å². The number of hydrogen-bond acceptors (Lipinski definition) is 4. The van der Waals surface area contributed by atoms with Crippen molar-refractivity contribution in [2.75, 3.05) is 7.11 Å². The maximum Gasteiger partial charge on any atom is 0.316 e. The Morgan fingerprint density at radius 3 is 2.47 bits per heavy atom. The van der Waals surface area contributed by atoms with E-state index in [-0.39, 0.29) is 11.6 Å². The third-order valence-electron chi connectivity index (χ3n) is 2.43. The van der Waals surface area contributed by atoms with Crippen LogP contribution in [0.4, 0.5) is 0 Å². The number of hydrogen-bond donors (Lipinski definition) is 0. The van der Waals surface area contributed by atoms with Gasteiger partial charge in [-0.3, -0.25) is 4.79 Å². The van der Waals surface area contributed by atoms with Crippen molar-refractivity contribution >= 4 is 0 Å². The molecule has 1 aromatic carbocycles. The van der Waals surface area contributed by atoms with Gasteiger partial charge < -0.3 is 4.74 Å². The second kappa shape index (κ2) is 4.37. The van der Waals surface area contributed by atoms with E-state index in [9.17, 15) is 4.79 Å². The van der Waals surface area contributed by atoms with Gasteiger partial charge in [0.05, 0.1) is 7.11 Å². The van der Waals surface area contributed by atoms with Crippen LogP contribution in [0.1, 0.15) is 5.56 Å². The maximum atomic E-state index is 11.8. The van der Waals surface area contributed by atoms with Crippen LogP contribution in [0.2, 0.25) is 0 Å². The summed E-state index contributed by atoms with van der Waals surface area (Å²) >= 11 is 0. The zero-order valence-electron chi connectivity index (χ0n) is 9.97. The number of aryl methyl sites for hydroxylation is 2. The zero-order valence-corrected chi connectivity index (χ0v) is 9.97. The Morgan fingerprint density at radius 1 is 1.24 bits per heavy atom. The first-order chi connectivity index (χ1) is 8.11. The topological polar surface area (TPSA) is 57.0 Å². The Kier molecular flexibility index (Phi) is 2.91. The van der Waals surface area contributed by atoms with Crippen molar-refractivity contribution < 1.29 is 4.74 Å². The van der Waals surface area contributed by atoms with Crippen LogP contribution in [0.25, 0.3) is 11.3 Å². The molecule has 0 aliphatic rings. The minimum atomic E-state index is -0.385. The number of methoxy groups -OCH3 is 1. The third kappa shape index (κ3) is 2.18. The molecule has 5 nitrogen and oxygen atoms in total. The molecule has 0 aliphatic heterocycles. The fourth-order valence-corrected chi connectivity index (χ4v) is 1.52. The maximum absolute atomic E-state index is 11.8. The first kappa shape index (κ1) is 11.3. The molecule has 0 fully saturated rings. The molecule has 0 amide bonds. The molecule has 2 aromatic rings. The Hall–Kier alpha value is -2.17. The van der Waals surface area contributed by atoms with Crippen molar-refractivity contribution in [3.63, 3.8) is 0 Å². The van der Waals surface area contributed by atoms with E-state index < -0.39 is 0 Å². The van der Waals surface area contributed by atoms with E-state index in [2.05, 4.69) is 10.1 Å². The van der Waals surface area contributed by atoms with Gasteiger partial charge in [-0.1, -0.05) is 29.8 Å². The highest BCUT2D eigenvalue weighted by Gasteiger charge is 2.09. The summed E-state index contributed by atoms with van der Waals surface area (Å²) in [6.45, 7) is 1.99. The second-order valence-electron chi connectivity index (χ2n) is 3.74. The van der Waals surface area contributed by atoms with Crippen LogP contribution in [0.3, 0.4) is 0 Å². The highest BCUT2D eigenvalue weighted by Crippen LogP contribution is 2.14. The quantitative estimate of drug-likeness (QED) is 0.778. The van der Waals surface area contributed by atoms with Crippen molar-refractivity contribution in [3.05, 3.63) is 40.2 Å². The lowest BCUT2D eigenvalue weighted by Gasteiger charge is -2.06. The predicted molar refractivity (Wildman–Crippen MR) is 64.0 cm³/mol. The molecule has 1 aromatic heterocycles. The van der Waals surface area contributed by atoms with Gasteiger partial charge in [0, 0.05) is 12.6 Å². The normalized spacial score (nSPS) is 10.3. The van der Waals surface area contributed by atoms with Crippen molar-refractivity contribution in [2.24, 2.45) is 7.05 Å². The Bertz CT molecular complexity index is 588. The molecule has 0 radical (unpaired) electrons. The molecule has 5 heteroatoms. The van der Waals surface area contributed by atoms with Crippen LogP contribution in [0.5, 0.6) is 6.01 Å². The van der Waals surface area contributed by atoms with E-state index >= 15 is 0 Å². The minimum absolute atomic E-state index is 0.200. The molecule has 1 heterocycles. The third-order valence-corrected chi connectivity index (χ3v) is 2.43. The van der Waals surface area contributed by atoms with Crippen LogP contribution in [-0.2, 0) is 7.05 Å². The lowest BCUT2D eigenvalue weighted by molar-refractivity contribution is 0.345. The van der Waals surface area contributed by atoms with Crippen molar-refractivity contribution in [3.8, 4) is 17.3 Å². The first-order valence-electron chi connectivity index (χ1n) is 5.18. The molecule has 0 bridgehead atoms. The smallest absolute Gasteiger partial charge is 0.316 e. The fourth-order valence-electron chi connectivity index (χ4n) is 1.52. The predicted octanol–water partition coefficient (Wildman–Crippen LogP) is 1.16. The number of nitrogens with zero attached hydrogens (tertiary/aromatic N) is 3. The molecule has 88 valence electrons. The van der Waals surface area contributed by atoms with Gasteiger partial charge in [0.15, 0.2) is 5.69 Å². The summed E-state index contributed by atoms with van der Waals surface area (Å²) in [4.78, 5) is 15.6. The minimum Gasteiger partial charge on any atom is -0.467 e. The van der Waals surface area contributed by atoms with Gasteiger partial charge in [-0.25, -0.2) is 4.68 Å². The van der Waals surface area contributed by atoms with Gasteiger partial charge in [0.2, 0.25) is 0 Å². The highest BCUT2D eigenvalue weighted by atomic mass is 16.5. The average Bonchev–Trinajstić information content (AvgIpc) is 2.33. The summed E-state index contributed by atoms with van der Waals surface area (Å²) in [5.41, 5.74) is 1.83. The van der Waals surface area contributed by atoms with Crippen molar-refractivity contribution in [1.82, 2.24) is 14.8 Å². The molecule has 0 spiro atoms. The summed E-state index contributed by atoms with van der Waals surface area (Å²) < 4.78 is 6.37. The monoisotopic (exact) mass is 231 g/mol. The summed E-state index contributed by atoms with van der Waals surface area (Å²) in [5.74, 6) is 0. The lowest BCUT2D eigenvalue weighted by atomic mass is 10.1. The molecule has 0 saturated carbocycles. The Morgan fingerprint density at radius 2 is 1.88 bits per heavy atom. The van der Waals surface area contributed by atoms with Gasteiger partial charge in [-0.2, -0.15) is 10.1 Å². The molecule has 0 atom stereocenters. The molecule has 0 saturated heterocycles. The van der Waals surface area contributed by atoms with Crippen LogP contribution in [0.15, 0.2) is 29.1 Å². The summed E-state index contributed by atoms with van der Waals surface area (Å²) in [5, 5.41) is 4.16. The summed E-state index contributed by atoms with van der Waals surface area (Å²) in [6, 6.07) is 7.77. The zero-order chi connectivity index (χ0) is 12.4. The van der Waals surface area contributed by atoms with Gasteiger partial charge in [0.25, 0.3) is 0 Å². The highest BCUT2D eigenvalue weighted by molar-refractivity contribution is 5.57. The molecule has 0 N–H and O–H groups in total. The van der Waals surface area contributed by atoms with Gasteiger partial charge >= 0.3 is 11.6 Å². The van der Waals surface area contributed by atoms with Crippen LogP contribution in [-0.4, -0.2) is 21.9 Å². The first-order valence-corrected chi connectivity index (χ1v) is 5.18. The summed E-state index contributed by atoms with van der Waals surface area (Å²) in [7, 11) is 3.14. The van der Waals surface area contributed by atoms with Crippen LogP contribution < -0.4 is 10.3 Å². The molecule has 0 unspecified atom stereocenters. The van der Waals surface area contributed by atoms with Gasteiger partial charge in [-0.05, 0) is 6.92 Å². The van der Waals surface area contributed by atoms with Crippen LogP contribution in [0, 0.1) is 6.92 Å². The summed E-state index contributed by atoms with van der Waals surface area (Å²) in [6.07, 6.45) is 0. The molecule has 0 aliphatic carbocycles. The largest absolute Gasteiger partial charge is 0.467 e. The molecule has 2 rings (SSSR count). The number of benzene rings is 1.